The summed E-state index contributed by atoms with van der Waals surface area (Å²) >= 11 is 0. The first kappa shape index (κ1) is 11.8. The van der Waals surface area contributed by atoms with E-state index >= 15 is 0 Å². The Kier molecular flexibility index (Phi) is 3.96. The third-order valence-electron chi connectivity index (χ3n) is 1.91. The van der Waals surface area contributed by atoms with Crippen molar-refractivity contribution in [1.29, 1.82) is 0 Å². The lowest BCUT2D eigenvalue weighted by molar-refractivity contribution is 0.0692. The van der Waals surface area contributed by atoms with Gasteiger partial charge >= 0.3 is 5.97 Å². The second kappa shape index (κ2) is 5.02. The van der Waals surface area contributed by atoms with Crippen LogP contribution in [0.4, 0.5) is 4.39 Å². The minimum atomic E-state index is -1.30. The van der Waals surface area contributed by atoms with Crippen molar-refractivity contribution in [3.8, 4) is 0 Å². The average Bonchev–Trinajstić information content (AvgIpc) is 2.17. The number of carboxylic acid groups (broad SMARTS) is 1. The Morgan fingerprint density at radius 3 is 2.67 bits per heavy atom. The van der Waals surface area contributed by atoms with E-state index in [2.05, 4.69) is 0 Å². The number of carbonyl (C=O) groups is 1. The monoisotopic (exact) mass is 230 g/mol. The first-order valence-corrected chi connectivity index (χ1v) is 5.90. The van der Waals surface area contributed by atoms with Gasteiger partial charge in [-0.2, -0.15) is 0 Å². The molecule has 1 unspecified atom stereocenters. The highest BCUT2D eigenvalue weighted by Crippen LogP contribution is 2.12. The van der Waals surface area contributed by atoms with E-state index in [9.17, 15) is 13.4 Å². The van der Waals surface area contributed by atoms with Crippen molar-refractivity contribution >= 4 is 16.8 Å². The Labute approximate surface area is 89.4 Å². The predicted molar refractivity (Wildman–Crippen MR) is 55.7 cm³/mol. The Hall–Kier alpha value is -1.23. The van der Waals surface area contributed by atoms with Gasteiger partial charge in [0.05, 0.1) is 5.56 Å². The first-order valence-electron chi connectivity index (χ1n) is 4.41. The molecule has 0 saturated carbocycles. The number of hydrogen-bond acceptors (Lipinski definition) is 2. The maximum absolute atomic E-state index is 13.2. The van der Waals surface area contributed by atoms with E-state index < -0.39 is 22.6 Å². The van der Waals surface area contributed by atoms with Crippen LogP contribution in [0.1, 0.15) is 22.8 Å². The second-order valence-corrected chi connectivity index (χ2v) is 4.74. The SMILES string of the molecule is CCS(=O)Cc1ccc(C(=O)O)c(F)c1. The zero-order valence-electron chi connectivity index (χ0n) is 8.20. The molecule has 15 heavy (non-hydrogen) atoms. The lowest BCUT2D eigenvalue weighted by Crippen LogP contribution is -2.03. The molecule has 1 rings (SSSR count). The summed E-state index contributed by atoms with van der Waals surface area (Å²) in [5.74, 6) is -1.32. The summed E-state index contributed by atoms with van der Waals surface area (Å²) < 4.78 is 24.4. The highest BCUT2D eigenvalue weighted by atomic mass is 32.2. The van der Waals surface area contributed by atoms with Gasteiger partial charge in [0.15, 0.2) is 0 Å². The summed E-state index contributed by atoms with van der Waals surface area (Å²) in [5, 5.41) is 8.58. The van der Waals surface area contributed by atoms with Crippen molar-refractivity contribution in [2.75, 3.05) is 5.75 Å². The number of carboxylic acids is 1. The molecule has 0 heterocycles. The molecule has 0 radical (unpaired) electrons. The summed E-state index contributed by atoms with van der Waals surface area (Å²) in [5.41, 5.74) is 0.193. The molecule has 0 aromatic heterocycles. The molecular formula is C10H11FO3S. The first-order chi connectivity index (χ1) is 7.04. The van der Waals surface area contributed by atoms with Gasteiger partial charge in [0, 0.05) is 22.3 Å². The maximum Gasteiger partial charge on any atom is 0.338 e. The van der Waals surface area contributed by atoms with E-state index in [1.165, 1.54) is 12.1 Å². The van der Waals surface area contributed by atoms with Crippen LogP contribution in [0, 0.1) is 5.82 Å². The Morgan fingerprint density at radius 1 is 1.53 bits per heavy atom. The van der Waals surface area contributed by atoms with Gasteiger partial charge in [-0.1, -0.05) is 13.0 Å². The fourth-order valence-electron chi connectivity index (χ4n) is 1.11. The van der Waals surface area contributed by atoms with Crippen LogP contribution < -0.4 is 0 Å². The van der Waals surface area contributed by atoms with Gasteiger partial charge in [-0.05, 0) is 17.7 Å². The second-order valence-electron chi connectivity index (χ2n) is 2.99. The fraction of sp³-hybridized carbons (Fsp3) is 0.300. The molecular weight excluding hydrogens is 219 g/mol. The lowest BCUT2D eigenvalue weighted by Gasteiger charge is -2.02. The molecule has 0 amide bonds. The van der Waals surface area contributed by atoms with E-state index in [1.54, 1.807) is 6.92 Å². The van der Waals surface area contributed by atoms with E-state index in [0.717, 1.165) is 6.07 Å². The molecule has 0 spiro atoms. The zero-order valence-corrected chi connectivity index (χ0v) is 9.01. The van der Waals surface area contributed by atoms with Gasteiger partial charge in [0.1, 0.15) is 5.82 Å². The van der Waals surface area contributed by atoms with Crippen LogP contribution in [0.3, 0.4) is 0 Å². The molecule has 0 aliphatic rings. The summed E-state index contributed by atoms with van der Waals surface area (Å²) in [4.78, 5) is 10.5. The quantitative estimate of drug-likeness (QED) is 0.858. The smallest absolute Gasteiger partial charge is 0.338 e. The largest absolute Gasteiger partial charge is 0.478 e. The molecule has 0 bridgehead atoms. The van der Waals surface area contributed by atoms with Crippen LogP contribution in [0.25, 0.3) is 0 Å². The number of halogens is 1. The Balaban J connectivity index is 2.91. The topological polar surface area (TPSA) is 54.4 Å². The summed E-state index contributed by atoms with van der Waals surface area (Å²) in [6.45, 7) is 1.78. The van der Waals surface area contributed by atoms with Gasteiger partial charge in [0.2, 0.25) is 0 Å². The standard InChI is InChI=1S/C10H11FO3S/c1-2-15(14)6-7-3-4-8(10(12)13)9(11)5-7/h3-5H,2,6H2,1H3,(H,12,13). The number of rotatable bonds is 4. The minimum absolute atomic E-state index is 0.257. The average molecular weight is 230 g/mol. The van der Waals surface area contributed by atoms with Crippen LogP contribution in [0.2, 0.25) is 0 Å². The van der Waals surface area contributed by atoms with Gasteiger partial charge in [-0.15, -0.1) is 0 Å². The molecule has 82 valence electrons. The maximum atomic E-state index is 13.2. The number of benzene rings is 1. The normalized spacial score (nSPS) is 12.4. The van der Waals surface area contributed by atoms with Crippen molar-refractivity contribution in [3.63, 3.8) is 0 Å². The zero-order chi connectivity index (χ0) is 11.4. The van der Waals surface area contributed by atoms with Crippen molar-refractivity contribution < 1.29 is 18.5 Å². The van der Waals surface area contributed by atoms with Crippen LogP contribution >= 0.6 is 0 Å². The fourth-order valence-corrected chi connectivity index (χ4v) is 1.87. The van der Waals surface area contributed by atoms with Crippen LogP contribution in [0.5, 0.6) is 0 Å². The lowest BCUT2D eigenvalue weighted by atomic mass is 10.1. The van der Waals surface area contributed by atoms with Crippen molar-refractivity contribution in [1.82, 2.24) is 0 Å². The van der Waals surface area contributed by atoms with Crippen molar-refractivity contribution in [3.05, 3.63) is 35.1 Å². The Bertz CT molecular complexity index is 404. The molecule has 1 aromatic rings. The summed E-state index contributed by atoms with van der Waals surface area (Å²) in [7, 11) is -1.02. The van der Waals surface area contributed by atoms with Crippen molar-refractivity contribution in [2.24, 2.45) is 0 Å². The molecule has 1 N–H and O–H groups in total. The van der Waals surface area contributed by atoms with E-state index in [-0.39, 0.29) is 11.3 Å². The van der Waals surface area contributed by atoms with E-state index in [4.69, 9.17) is 5.11 Å². The predicted octanol–water partition coefficient (Wildman–Crippen LogP) is 1.79. The third-order valence-corrected chi connectivity index (χ3v) is 3.21. The van der Waals surface area contributed by atoms with Gasteiger partial charge in [-0.25, -0.2) is 9.18 Å². The highest BCUT2D eigenvalue weighted by molar-refractivity contribution is 7.84. The number of hydrogen-bond donors (Lipinski definition) is 1. The molecule has 0 fully saturated rings. The molecule has 0 saturated heterocycles. The van der Waals surface area contributed by atoms with Crippen LogP contribution in [0.15, 0.2) is 18.2 Å². The third kappa shape index (κ3) is 3.13. The molecule has 1 aromatic carbocycles. The summed E-state index contributed by atoms with van der Waals surface area (Å²) in [6, 6.07) is 3.80. The molecule has 3 nitrogen and oxygen atoms in total. The van der Waals surface area contributed by atoms with Crippen molar-refractivity contribution in [2.45, 2.75) is 12.7 Å². The molecule has 1 atom stereocenters. The summed E-state index contributed by atoms with van der Waals surface area (Å²) in [6.07, 6.45) is 0. The van der Waals surface area contributed by atoms with E-state index in [1.807, 2.05) is 0 Å². The molecule has 0 aliphatic heterocycles. The minimum Gasteiger partial charge on any atom is -0.478 e. The Morgan fingerprint density at radius 2 is 2.20 bits per heavy atom. The highest BCUT2D eigenvalue weighted by Gasteiger charge is 2.10. The van der Waals surface area contributed by atoms with Gasteiger partial charge in [0.25, 0.3) is 0 Å². The van der Waals surface area contributed by atoms with Gasteiger partial charge in [-0.3, -0.25) is 4.21 Å². The molecule has 5 heteroatoms. The van der Waals surface area contributed by atoms with Crippen LogP contribution in [-0.4, -0.2) is 21.0 Å². The number of aromatic carboxylic acids is 1. The van der Waals surface area contributed by atoms with E-state index in [0.29, 0.717) is 11.3 Å². The molecule has 0 aliphatic carbocycles. The van der Waals surface area contributed by atoms with Gasteiger partial charge < -0.3 is 5.11 Å². The van der Waals surface area contributed by atoms with Crippen LogP contribution in [-0.2, 0) is 16.6 Å².